The third-order valence-electron chi connectivity index (χ3n) is 4.40. The van der Waals surface area contributed by atoms with E-state index in [9.17, 15) is 5.11 Å². The van der Waals surface area contributed by atoms with Gasteiger partial charge in [0.1, 0.15) is 0 Å². The molecule has 2 fully saturated rings. The summed E-state index contributed by atoms with van der Waals surface area (Å²) in [6, 6.07) is 0. The van der Waals surface area contributed by atoms with Crippen molar-refractivity contribution < 1.29 is 10.2 Å². The first-order valence-electron chi connectivity index (χ1n) is 8.38. The molecule has 0 aromatic rings. The van der Waals surface area contributed by atoms with E-state index in [0.717, 1.165) is 0 Å². The number of rotatable bonds is 3. The molecule has 0 heterocycles. The number of hydrogen-bond acceptors (Lipinski definition) is 2. The smallest absolute Gasteiger partial charge is 0.0591 e. The summed E-state index contributed by atoms with van der Waals surface area (Å²) in [7, 11) is 0. The van der Waals surface area contributed by atoms with E-state index in [1.54, 1.807) is 0 Å². The monoisotopic (exact) mass is 272 g/mol. The summed E-state index contributed by atoms with van der Waals surface area (Å²) >= 11 is 0. The standard InChI is InChI=1S/C8H16O.C7H14O.C2H6/c1-6(2)8(9)7-4-3-5-7;1-6(8)7-4-2-3-5-7;1-2/h6-9H,3-5H2,1-2H3;6-8H,2-5H2,1H3;1-2H3. The maximum Gasteiger partial charge on any atom is 0.0591 e. The number of hydrogen-bond donors (Lipinski definition) is 2. The predicted molar refractivity (Wildman–Crippen MR) is 83.2 cm³/mol. The van der Waals surface area contributed by atoms with Crippen molar-refractivity contribution in [3.63, 3.8) is 0 Å². The van der Waals surface area contributed by atoms with Crippen molar-refractivity contribution in [3.05, 3.63) is 0 Å². The molecule has 2 unspecified atom stereocenters. The molecule has 0 radical (unpaired) electrons. The van der Waals surface area contributed by atoms with Crippen molar-refractivity contribution >= 4 is 0 Å². The summed E-state index contributed by atoms with van der Waals surface area (Å²) in [5.74, 6) is 1.70. The molecule has 0 aliphatic heterocycles. The van der Waals surface area contributed by atoms with Crippen LogP contribution >= 0.6 is 0 Å². The molecule has 2 nitrogen and oxygen atoms in total. The van der Waals surface area contributed by atoms with Crippen molar-refractivity contribution in [2.75, 3.05) is 0 Å². The highest BCUT2D eigenvalue weighted by Crippen LogP contribution is 2.32. The van der Waals surface area contributed by atoms with Gasteiger partial charge in [0, 0.05) is 0 Å². The maximum absolute atomic E-state index is 9.45. The first kappa shape index (κ1) is 18.9. The van der Waals surface area contributed by atoms with Gasteiger partial charge in [0.05, 0.1) is 12.2 Å². The Balaban J connectivity index is 0.000000303. The molecule has 2 saturated carbocycles. The van der Waals surface area contributed by atoms with E-state index in [2.05, 4.69) is 13.8 Å². The minimum Gasteiger partial charge on any atom is -0.393 e. The zero-order valence-electron chi connectivity index (χ0n) is 13.7. The van der Waals surface area contributed by atoms with Gasteiger partial charge in [0.2, 0.25) is 0 Å². The summed E-state index contributed by atoms with van der Waals surface area (Å²) in [5.41, 5.74) is 0. The van der Waals surface area contributed by atoms with Gasteiger partial charge in [-0.05, 0) is 50.4 Å². The molecule has 2 atom stereocenters. The van der Waals surface area contributed by atoms with Crippen LogP contribution in [0.3, 0.4) is 0 Å². The lowest BCUT2D eigenvalue weighted by Gasteiger charge is -2.32. The second-order valence-electron chi connectivity index (χ2n) is 6.21. The lowest BCUT2D eigenvalue weighted by Crippen LogP contribution is -2.30. The van der Waals surface area contributed by atoms with Gasteiger partial charge in [-0.3, -0.25) is 0 Å². The number of aliphatic hydroxyl groups excluding tert-OH is 2. The lowest BCUT2D eigenvalue weighted by atomic mass is 9.77. The summed E-state index contributed by atoms with van der Waals surface area (Å²) in [6.07, 6.45) is 8.89. The van der Waals surface area contributed by atoms with E-state index in [4.69, 9.17) is 5.11 Å². The van der Waals surface area contributed by atoms with Crippen molar-refractivity contribution in [1.29, 1.82) is 0 Å². The van der Waals surface area contributed by atoms with E-state index in [0.29, 0.717) is 17.8 Å². The third kappa shape index (κ3) is 7.31. The Labute approximate surface area is 120 Å². The van der Waals surface area contributed by atoms with Gasteiger partial charge < -0.3 is 10.2 Å². The zero-order valence-corrected chi connectivity index (χ0v) is 13.7. The molecule has 2 rings (SSSR count). The van der Waals surface area contributed by atoms with Gasteiger partial charge in [-0.2, -0.15) is 0 Å². The van der Waals surface area contributed by atoms with Crippen LogP contribution in [-0.2, 0) is 0 Å². The fourth-order valence-corrected chi connectivity index (χ4v) is 2.77. The second-order valence-corrected chi connectivity index (χ2v) is 6.21. The average molecular weight is 272 g/mol. The van der Waals surface area contributed by atoms with Crippen LogP contribution in [0.4, 0.5) is 0 Å². The highest BCUT2D eigenvalue weighted by Gasteiger charge is 2.27. The molecule has 0 spiro atoms. The molecule has 0 bridgehead atoms. The molecule has 2 aliphatic rings. The summed E-state index contributed by atoms with van der Waals surface area (Å²) in [5, 5.41) is 18.5. The molecule has 116 valence electrons. The molecule has 2 N–H and O–H groups in total. The van der Waals surface area contributed by atoms with Crippen LogP contribution in [0.5, 0.6) is 0 Å². The van der Waals surface area contributed by atoms with Crippen molar-refractivity contribution in [1.82, 2.24) is 0 Å². The molecule has 0 aromatic heterocycles. The van der Waals surface area contributed by atoms with Gasteiger partial charge >= 0.3 is 0 Å². The quantitative estimate of drug-likeness (QED) is 0.800. The molecule has 0 amide bonds. The van der Waals surface area contributed by atoms with Gasteiger partial charge in [0.25, 0.3) is 0 Å². The van der Waals surface area contributed by atoms with E-state index < -0.39 is 0 Å². The van der Waals surface area contributed by atoms with E-state index in [1.165, 1.54) is 44.9 Å². The largest absolute Gasteiger partial charge is 0.393 e. The van der Waals surface area contributed by atoms with Crippen LogP contribution in [0, 0.1) is 17.8 Å². The van der Waals surface area contributed by atoms with Crippen LogP contribution in [0.15, 0.2) is 0 Å². The zero-order chi connectivity index (χ0) is 14.8. The van der Waals surface area contributed by atoms with E-state index in [-0.39, 0.29) is 12.2 Å². The Morgan fingerprint density at radius 1 is 0.737 bits per heavy atom. The topological polar surface area (TPSA) is 40.5 Å². The Bertz CT molecular complexity index is 191. The first-order valence-corrected chi connectivity index (χ1v) is 8.38. The highest BCUT2D eigenvalue weighted by molar-refractivity contribution is 4.78. The van der Waals surface area contributed by atoms with Crippen molar-refractivity contribution in [2.24, 2.45) is 17.8 Å². The van der Waals surface area contributed by atoms with Gasteiger partial charge in [-0.25, -0.2) is 0 Å². The van der Waals surface area contributed by atoms with Gasteiger partial charge in [0.15, 0.2) is 0 Å². The fraction of sp³-hybridized carbons (Fsp3) is 1.00. The molecule has 0 aromatic carbocycles. The summed E-state index contributed by atoms with van der Waals surface area (Å²) < 4.78 is 0. The Morgan fingerprint density at radius 3 is 1.32 bits per heavy atom. The Kier molecular flexibility index (Phi) is 10.6. The molecular weight excluding hydrogens is 236 g/mol. The Hall–Kier alpha value is -0.0800. The molecule has 2 heteroatoms. The van der Waals surface area contributed by atoms with Crippen LogP contribution in [0.25, 0.3) is 0 Å². The summed E-state index contributed by atoms with van der Waals surface area (Å²) in [6.45, 7) is 10.1. The van der Waals surface area contributed by atoms with Crippen LogP contribution < -0.4 is 0 Å². The minimum atomic E-state index is -0.0579. The molecule has 19 heavy (non-hydrogen) atoms. The fourth-order valence-electron chi connectivity index (χ4n) is 2.77. The van der Waals surface area contributed by atoms with Crippen LogP contribution in [0.2, 0.25) is 0 Å². The lowest BCUT2D eigenvalue weighted by molar-refractivity contribution is 0.0268. The van der Waals surface area contributed by atoms with Crippen LogP contribution in [0.1, 0.15) is 79.6 Å². The molecular formula is C17H36O2. The maximum atomic E-state index is 9.45. The highest BCUT2D eigenvalue weighted by atomic mass is 16.3. The van der Waals surface area contributed by atoms with E-state index >= 15 is 0 Å². The first-order chi connectivity index (χ1) is 9.02. The second kappa shape index (κ2) is 10.7. The van der Waals surface area contributed by atoms with Gasteiger partial charge in [-0.1, -0.05) is 47.0 Å². The number of aliphatic hydroxyl groups is 2. The van der Waals surface area contributed by atoms with Crippen LogP contribution in [-0.4, -0.2) is 22.4 Å². The van der Waals surface area contributed by atoms with E-state index in [1.807, 2.05) is 20.8 Å². The normalized spacial score (nSPS) is 22.7. The van der Waals surface area contributed by atoms with Gasteiger partial charge in [-0.15, -0.1) is 0 Å². The Morgan fingerprint density at radius 2 is 1.16 bits per heavy atom. The van der Waals surface area contributed by atoms with Crippen molar-refractivity contribution in [3.8, 4) is 0 Å². The van der Waals surface area contributed by atoms with Crippen molar-refractivity contribution in [2.45, 2.75) is 91.8 Å². The third-order valence-corrected chi connectivity index (χ3v) is 4.40. The molecule has 0 saturated heterocycles. The average Bonchev–Trinajstić information content (AvgIpc) is 2.83. The summed E-state index contributed by atoms with van der Waals surface area (Å²) in [4.78, 5) is 0. The SMILES string of the molecule is CC.CC(C)C(O)C1CCC1.CC(O)C1CCCC1. The predicted octanol–water partition coefficient (Wildman–Crippen LogP) is 4.39. The minimum absolute atomic E-state index is 0.0289. The molecule has 2 aliphatic carbocycles.